The third-order valence-electron chi connectivity index (χ3n) is 4.84. The molecule has 2 aromatic carbocycles. The number of rotatable bonds is 5. The van der Waals surface area contributed by atoms with Gasteiger partial charge in [0.1, 0.15) is 5.75 Å². The first-order valence-corrected chi connectivity index (χ1v) is 10.4. The van der Waals surface area contributed by atoms with Crippen molar-refractivity contribution in [1.29, 1.82) is 0 Å². The molecule has 1 fully saturated rings. The summed E-state index contributed by atoms with van der Waals surface area (Å²) in [6, 6.07) is 13.1. The van der Waals surface area contributed by atoms with E-state index in [9.17, 15) is 13.2 Å². The van der Waals surface area contributed by atoms with Crippen LogP contribution >= 0.6 is 0 Å². The van der Waals surface area contributed by atoms with E-state index in [2.05, 4.69) is 12.2 Å². The Bertz CT molecular complexity index is 885. The molecule has 0 spiro atoms. The van der Waals surface area contributed by atoms with Crippen LogP contribution in [0.15, 0.2) is 53.4 Å². The summed E-state index contributed by atoms with van der Waals surface area (Å²) in [6.45, 7) is 3.25. The van der Waals surface area contributed by atoms with Gasteiger partial charge in [0.05, 0.1) is 12.0 Å². The number of benzene rings is 2. The molecule has 1 amide bonds. The van der Waals surface area contributed by atoms with Crippen molar-refractivity contribution in [3.63, 3.8) is 0 Å². The third kappa shape index (κ3) is 4.48. The lowest BCUT2D eigenvalue weighted by molar-refractivity contribution is 0.102. The molecular weight excluding hydrogens is 364 g/mol. The number of nitrogens with zero attached hydrogens (tertiary/aromatic N) is 1. The molecule has 0 unspecified atom stereocenters. The number of carbonyl (C=O) groups excluding carboxylic acids is 1. The molecule has 0 saturated carbocycles. The maximum atomic E-state index is 12.7. The maximum absolute atomic E-state index is 12.7. The Hall–Kier alpha value is -2.38. The second-order valence-corrected chi connectivity index (χ2v) is 8.73. The van der Waals surface area contributed by atoms with E-state index in [1.54, 1.807) is 43.5 Å². The van der Waals surface area contributed by atoms with Gasteiger partial charge in [0.15, 0.2) is 0 Å². The van der Waals surface area contributed by atoms with Gasteiger partial charge in [-0.05, 0) is 67.3 Å². The summed E-state index contributed by atoms with van der Waals surface area (Å²) >= 11 is 0. The van der Waals surface area contributed by atoms with Crippen LogP contribution < -0.4 is 10.1 Å². The summed E-state index contributed by atoms with van der Waals surface area (Å²) in [5.74, 6) is 0.971. The Morgan fingerprint density at radius 1 is 1.04 bits per heavy atom. The number of piperidine rings is 1. The number of hydrogen-bond donors (Lipinski definition) is 1. The van der Waals surface area contributed by atoms with Crippen molar-refractivity contribution in [2.75, 3.05) is 25.5 Å². The van der Waals surface area contributed by atoms with E-state index in [-0.39, 0.29) is 10.8 Å². The van der Waals surface area contributed by atoms with E-state index in [1.165, 1.54) is 16.4 Å². The summed E-state index contributed by atoms with van der Waals surface area (Å²) < 4.78 is 32.1. The van der Waals surface area contributed by atoms with Gasteiger partial charge in [0, 0.05) is 24.3 Å². The fourth-order valence-electron chi connectivity index (χ4n) is 3.03. The highest BCUT2D eigenvalue weighted by Gasteiger charge is 2.27. The standard InChI is InChI=1S/C20H24N2O4S/c1-15-11-13-22(14-12-15)27(24,25)19-9-5-17(6-10-19)21-20(23)16-3-7-18(26-2)8-4-16/h3-10,15H,11-14H2,1-2H3,(H,21,23). The van der Waals surface area contributed by atoms with Crippen molar-refractivity contribution in [2.45, 2.75) is 24.7 Å². The number of amides is 1. The zero-order valence-corrected chi connectivity index (χ0v) is 16.3. The van der Waals surface area contributed by atoms with E-state index in [0.717, 1.165) is 12.8 Å². The molecule has 2 aromatic rings. The van der Waals surface area contributed by atoms with E-state index >= 15 is 0 Å². The second-order valence-electron chi connectivity index (χ2n) is 6.79. The minimum atomic E-state index is -3.48. The van der Waals surface area contributed by atoms with Crippen LogP contribution in [0.5, 0.6) is 5.75 Å². The smallest absolute Gasteiger partial charge is 0.255 e. The minimum Gasteiger partial charge on any atom is -0.497 e. The molecule has 1 aliphatic rings. The molecule has 1 saturated heterocycles. The Morgan fingerprint density at radius 3 is 2.19 bits per heavy atom. The molecule has 27 heavy (non-hydrogen) atoms. The van der Waals surface area contributed by atoms with Gasteiger partial charge in [-0.2, -0.15) is 4.31 Å². The maximum Gasteiger partial charge on any atom is 0.255 e. The van der Waals surface area contributed by atoms with Crippen LogP contribution in [0.2, 0.25) is 0 Å². The lowest BCUT2D eigenvalue weighted by Gasteiger charge is -2.29. The SMILES string of the molecule is COc1ccc(C(=O)Nc2ccc(S(=O)(=O)N3CCC(C)CC3)cc2)cc1. The number of anilines is 1. The Balaban J connectivity index is 1.68. The molecule has 6 nitrogen and oxygen atoms in total. The van der Waals surface area contributed by atoms with Crippen LogP contribution in [0.4, 0.5) is 5.69 Å². The minimum absolute atomic E-state index is 0.250. The molecule has 1 heterocycles. The molecule has 0 atom stereocenters. The van der Waals surface area contributed by atoms with Crippen LogP contribution in [0.25, 0.3) is 0 Å². The van der Waals surface area contributed by atoms with E-state index in [1.807, 2.05) is 0 Å². The second kappa shape index (κ2) is 8.10. The van der Waals surface area contributed by atoms with Crippen molar-refractivity contribution in [3.8, 4) is 5.75 Å². The van der Waals surface area contributed by atoms with Crippen LogP contribution in [-0.2, 0) is 10.0 Å². The van der Waals surface area contributed by atoms with Crippen molar-refractivity contribution in [1.82, 2.24) is 4.31 Å². The quantitative estimate of drug-likeness (QED) is 0.852. The molecule has 0 radical (unpaired) electrons. The largest absolute Gasteiger partial charge is 0.497 e. The molecular formula is C20H24N2O4S. The van der Waals surface area contributed by atoms with Gasteiger partial charge in [0.25, 0.3) is 5.91 Å². The van der Waals surface area contributed by atoms with Gasteiger partial charge >= 0.3 is 0 Å². The number of sulfonamides is 1. The zero-order chi connectivity index (χ0) is 19.4. The first-order chi connectivity index (χ1) is 12.9. The molecule has 0 aromatic heterocycles. The summed E-state index contributed by atoms with van der Waals surface area (Å²) in [5, 5.41) is 2.77. The molecule has 1 aliphatic heterocycles. The number of nitrogens with one attached hydrogen (secondary N) is 1. The summed E-state index contributed by atoms with van der Waals surface area (Å²) in [7, 11) is -1.92. The lowest BCUT2D eigenvalue weighted by atomic mass is 10.0. The van der Waals surface area contributed by atoms with Crippen LogP contribution in [-0.4, -0.2) is 38.8 Å². The van der Waals surface area contributed by atoms with Crippen LogP contribution in [0.3, 0.4) is 0 Å². The van der Waals surface area contributed by atoms with Gasteiger partial charge < -0.3 is 10.1 Å². The molecule has 1 N–H and O–H groups in total. The van der Waals surface area contributed by atoms with Crippen LogP contribution in [0.1, 0.15) is 30.1 Å². The van der Waals surface area contributed by atoms with Crippen molar-refractivity contribution in [2.24, 2.45) is 5.92 Å². The van der Waals surface area contributed by atoms with Gasteiger partial charge in [-0.25, -0.2) is 8.42 Å². The molecule has 7 heteroatoms. The first-order valence-electron chi connectivity index (χ1n) is 8.96. The highest BCUT2D eigenvalue weighted by Crippen LogP contribution is 2.24. The Labute approximate surface area is 160 Å². The van der Waals surface area contributed by atoms with Crippen molar-refractivity contribution in [3.05, 3.63) is 54.1 Å². The molecule has 144 valence electrons. The highest BCUT2D eigenvalue weighted by molar-refractivity contribution is 7.89. The van der Waals surface area contributed by atoms with Crippen molar-refractivity contribution < 1.29 is 17.9 Å². The molecule has 3 rings (SSSR count). The van der Waals surface area contributed by atoms with E-state index in [0.29, 0.717) is 36.0 Å². The Morgan fingerprint density at radius 2 is 1.63 bits per heavy atom. The summed E-state index contributed by atoms with van der Waals surface area (Å²) in [5.41, 5.74) is 1.04. The fourth-order valence-corrected chi connectivity index (χ4v) is 4.50. The van der Waals surface area contributed by atoms with Crippen molar-refractivity contribution >= 4 is 21.6 Å². The van der Waals surface area contributed by atoms with Crippen LogP contribution in [0, 0.1) is 5.92 Å². The van der Waals surface area contributed by atoms with Gasteiger partial charge in [-0.1, -0.05) is 6.92 Å². The predicted octanol–water partition coefficient (Wildman–Crippen LogP) is 3.37. The summed E-state index contributed by atoms with van der Waals surface area (Å²) in [4.78, 5) is 12.5. The topological polar surface area (TPSA) is 75.7 Å². The number of carbonyl (C=O) groups is 1. The number of hydrogen-bond acceptors (Lipinski definition) is 4. The third-order valence-corrected chi connectivity index (χ3v) is 6.76. The number of methoxy groups -OCH3 is 1. The predicted molar refractivity (Wildman–Crippen MR) is 105 cm³/mol. The Kier molecular flexibility index (Phi) is 5.82. The molecule has 0 bridgehead atoms. The van der Waals surface area contributed by atoms with Gasteiger partial charge in [0.2, 0.25) is 10.0 Å². The monoisotopic (exact) mass is 388 g/mol. The van der Waals surface area contributed by atoms with E-state index in [4.69, 9.17) is 4.74 Å². The fraction of sp³-hybridized carbons (Fsp3) is 0.350. The molecule has 0 aliphatic carbocycles. The zero-order valence-electron chi connectivity index (χ0n) is 15.5. The average Bonchev–Trinajstić information content (AvgIpc) is 2.69. The first kappa shape index (κ1) is 19.4. The van der Waals surface area contributed by atoms with E-state index < -0.39 is 10.0 Å². The lowest BCUT2D eigenvalue weighted by Crippen LogP contribution is -2.37. The average molecular weight is 388 g/mol. The summed E-state index contributed by atoms with van der Waals surface area (Å²) in [6.07, 6.45) is 1.77. The normalized spacial score (nSPS) is 16.1. The van der Waals surface area contributed by atoms with Gasteiger partial charge in [-0.15, -0.1) is 0 Å². The van der Waals surface area contributed by atoms with Gasteiger partial charge in [-0.3, -0.25) is 4.79 Å². The number of ether oxygens (including phenoxy) is 1. The highest BCUT2D eigenvalue weighted by atomic mass is 32.2.